The molecule has 1 aliphatic rings. The van der Waals surface area contributed by atoms with Crippen molar-refractivity contribution >= 4 is 0 Å². The Morgan fingerprint density at radius 1 is 1.14 bits per heavy atom. The quantitative estimate of drug-likeness (QED) is 0.616. The zero-order valence-corrected chi connectivity index (χ0v) is 12.9. The monoisotopic (exact) mass is 293 g/mol. The lowest BCUT2D eigenvalue weighted by Gasteiger charge is -2.13. The molecule has 21 heavy (non-hydrogen) atoms. The van der Waals surface area contributed by atoms with E-state index in [0.717, 1.165) is 37.3 Å². The van der Waals surface area contributed by atoms with E-state index in [1.807, 2.05) is 13.0 Å². The van der Waals surface area contributed by atoms with Crippen LogP contribution < -0.4 is 14.8 Å². The van der Waals surface area contributed by atoms with Gasteiger partial charge in [-0.25, -0.2) is 0 Å². The van der Waals surface area contributed by atoms with Gasteiger partial charge in [0.05, 0.1) is 13.2 Å². The summed E-state index contributed by atoms with van der Waals surface area (Å²) < 4.78 is 11.5. The molecule has 0 aliphatic heterocycles. The summed E-state index contributed by atoms with van der Waals surface area (Å²) in [6, 6.07) is 6.88. The highest BCUT2D eigenvalue weighted by Crippen LogP contribution is 2.29. The van der Waals surface area contributed by atoms with Crippen molar-refractivity contribution in [2.45, 2.75) is 51.6 Å². The molecule has 2 N–H and O–H groups in total. The molecule has 0 heterocycles. The van der Waals surface area contributed by atoms with Gasteiger partial charge in [0.2, 0.25) is 0 Å². The van der Waals surface area contributed by atoms with Crippen LogP contribution >= 0.6 is 0 Å². The van der Waals surface area contributed by atoms with Crippen LogP contribution in [-0.2, 0) is 6.54 Å². The van der Waals surface area contributed by atoms with Crippen LogP contribution in [0.2, 0.25) is 0 Å². The number of aliphatic hydroxyl groups is 1. The summed E-state index contributed by atoms with van der Waals surface area (Å²) in [6.07, 6.45) is 5.38. The second-order valence-corrected chi connectivity index (χ2v) is 5.50. The van der Waals surface area contributed by atoms with Gasteiger partial charge in [0.25, 0.3) is 0 Å². The van der Waals surface area contributed by atoms with Crippen molar-refractivity contribution in [1.82, 2.24) is 5.32 Å². The van der Waals surface area contributed by atoms with E-state index < -0.39 is 0 Å². The van der Waals surface area contributed by atoms with Gasteiger partial charge >= 0.3 is 0 Å². The smallest absolute Gasteiger partial charge is 0.161 e. The van der Waals surface area contributed by atoms with Crippen molar-refractivity contribution in [3.63, 3.8) is 0 Å². The Labute approximate surface area is 127 Å². The lowest BCUT2D eigenvalue weighted by Crippen LogP contribution is -2.15. The van der Waals surface area contributed by atoms with E-state index in [1.54, 1.807) is 0 Å². The molecule has 4 heteroatoms. The number of nitrogens with one attached hydrogen (secondary N) is 1. The molecule has 1 aliphatic carbocycles. The maximum atomic E-state index is 8.75. The van der Waals surface area contributed by atoms with Crippen molar-refractivity contribution in [3.8, 4) is 11.5 Å². The maximum Gasteiger partial charge on any atom is 0.161 e. The first-order valence-electron chi connectivity index (χ1n) is 8.06. The van der Waals surface area contributed by atoms with E-state index >= 15 is 0 Å². The third-order valence-electron chi connectivity index (χ3n) is 3.54. The third-order valence-corrected chi connectivity index (χ3v) is 3.54. The number of hydrogen-bond donors (Lipinski definition) is 2. The molecule has 4 nitrogen and oxygen atoms in total. The molecule has 0 unspecified atom stereocenters. The minimum Gasteiger partial charge on any atom is -0.490 e. The summed E-state index contributed by atoms with van der Waals surface area (Å²) in [4.78, 5) is 0. The van der Waals surface area contributed by atoms with E-state index in [2.05, 4.69) is 17.4 Å². The highest BCUT2D eigenvalue weighted by atomic mass is 16.5. The maximum absolute atomic E-state index is 8.75. The zero-order valence-electron chi connectivity index (χ0n) is 12.9. The van der Waals surface area contributed by atoms with Crippen LogP contribution in [-0.4, -0.2) is 31.0 Å². The summed E-state index contributed by atoms with van der Waals surface area (Å²) in [7, 11) is 0. The summed E-state index contributed by atoms with van der Waals surface area (Å²) >= 11 is 0. The van der Waals surface area contributed by atoms with Gasteiger partial charge in [0.15, 0.2) is 11.5 Å². The van der Waals surface area contributed by atoms with E-state index in [-0.39, 0.29) is 6.61 Å². The molecule has 0 atom stereocenters. The third kappa shape index (κ3) is 5.94. The van der Waals surface area contributed by atoms with Crippen molar-refractivity contribution in [1.29, 1.82) is 0 Å². The Bertz CT molecular complexity index is 418. The molecule has 0 bridgehead atoms. The number of rotatable bonds is 11. The van der Waals surface area contributed by atoms with Crippen molar-refractivity contribution in [2.75, 3.05) is 19.8 Å². The van der Waals surface area contributed by atoms with Crippen LogP contribution in [0.3, 0.4) is 0 Å². The van der Waals surface area contributed by atoms with Gasteiger partial charge in [-0.05, 0) is 56.7 Å². The van der Waals surface area contributed by atoms with E-state index in [9.17, 15) is 0 Å². The number of aliphatic hydroxyl groups excluding tert-OH is 1. The molecule has 0 saturated heterocycles. The predicted molar refractivity (Wildman–Crippen MR) is 83.9 cm³/mol. The molecular formula is C17H27NO3. The minimum absolute atomic E-state index is 0.257. The predicted octanol–water partition coefficient (Wildman–Crippen LogP) is 2.88. The summed E-state index contributed by atoms with van der Waals surface area (Å²) in [5.74, 6) is 1.64. The van der Waals surface area contributed by atoms with Gasteiger partial charge in [-0.2, -0.15) is 0 Å². The molecule has 1 fully saturated rings. The van der Waals surface area contributed by atoms with Crippen LogP contribution in [0.5, 0.6) is 11.5 Å². The van der Waals surface area contributed by atoms with Crippen molar-refractivity contribution in [3.05, 3.63) is 23.8 Å². The Kier molecular flexibility index (Phi) is 6.83. The van der Waals surface area contributed by atoms with Crippen LogP contribution in [0.25, 0.3) is 0 Å². The van der Waals surface area contributed by atoms with Gasteiger partial charge < -0.3 is 19.9 Å². The second kappa shape index (κ2) is 8.90. The van der Waals surface area contributed by atoms with Crippen LogP contribution in [0.4, 0.5) is 0 Å². The normalized spacial score (nSPS) is 14.2. The highest BCUT2D eigenvalue weighted by Gasteiger charge is 2.20. The average Bonchev–Trinajstić information content (AvgIpc) is 3.31. The van der Waals surface area contributed by atoms with E-state index in [4.69, 9.17) is 14.6 Å². The minimum atomic E-state index is 0.257. The molecule has 0 spiro atoms. The van der Waals surface area contributed by atoms with Crippen LogP contribution in [0, 0.1) is 0 Å². The first-order chi connectivity index (χ1) is 10.3. The zero-order chi connectivity index (χ0) is 14.9. The lowest BCUT2D eigenvalue weighted by molar-refractivity contribution is 0.255. The van der Waals surface area contributed by atoms with Crippen molar-refractivity contribution < 1.29 is 14.6 Å². The van der Waals surface area contributed by atoms with E-state index in [0.29, 0.717) is 19.3 Å². The van der Waals surface area contributed by atoms with Gasteiger partial charge in [-0.1, -0.05) is 6.07 Å². The summed E-state index contributed by atoms with van der Waals surface area (Å²) in [6.45, 7) is 4.44. The highest BCUT2D eigenvalue weighted by molar-refractivity contribution is 5.43. The van der Waals surface area contributed by atoms with Gasteiger partial charge in [-0.3, -0.25) is 0 Å². The van der Waals surface area contributed by atoms with E-state index in [1.165, 1.54) is 18.4 Å². The summed E-state index contributed by atoms with van der Waals surface area (Å²) in [5, 5.41) is 12.3. The first-order valence-corrected chi connectivity index (χ1v) is 8.06. The molecule has 1 aromatic carbocycles. The van der Waals surface area contributed by atoms with Crippen molar-refractivity contribution in [2.24, 2.45) is 0 Å². The fraction of sp³-hybridized carbons (Fsp3) is 0.647. The molecule has 118 valence electrons. The van der Waals surface area contributed by atoms with Gasteiger partial charge in [0, 0.05) is 19.2 Å². The number of benzene rings is 1. The Balaban J connectivity index is 1.85. The Hall–Kier alpha value is -1.26. The Morgan fingerprint density at radius 2 is 2.00 bits per heavy atom. The molecule has 1 saturated carbocycles. The SMILES string of the molecule is CCOc1cc(CNC2CC2)ccc1OCCCCCO. The number of unbranched alkanes of at least 4 members (excludes halogenated alkanes) is 2. The van der Waals surface area contributed by atoms with Gasteiger partial charge in [-0.15, -0.1) is 0 Å². The second-order valence-electron chi connectivity index (χ2n) is 5.50. The first kappa shape index (κ1) is 16.1. The molecule has 1 aromatic rings. The molecular weight excluding hydrogens is 266 g/mol. The largest absolute Gasteiger partial charge is 0.490 e. The molecule has 0 aromatic heterocycles. The van der Waals surface area contributed by atoms with Gasteiger partial charge in [0.1, 0.15) is 0 Å². The lowest BCUT2D eigenvalue weighted by atomic mass is 10.2. The topological polar surface area (TPSA) is 50.7 Å². The fourth-order valence-corrected chi connectivity index (χ4v) is 2.17. The average molecular weight is 293 g/mol. The molecule has 0 amide bonds. The van der Waals surface area contributed by atoms with Crippen LogP contribution in [0.1, 0.15) is 44.6 Å². The number of ether oxygens (including phenoxy) is 2. The Morgan fingerprint density at radius 3 is 2.71 bits per heavy atom. The number of hydrogen-bond acceptors (Lipinski definition) is 4. The molecule has 0 radical (unpaired) electrons. The fourth-order valence-electron chi connectivity index (χ4n) is 2.17. The standard InChI is InChI=1S/C17H27NO3/c1-2-20-17-12-14(13-18-15-7-8-15)6-9-16(17)21-11-5-3-4-10-19/h6,9,12,15,18-19H,2-5,7-8,10-11,13H2,1H3. The molecule has 2 rings (SSSR count). The van der Waals surface area contributed by atoms with Crippen LogP contribution in [0.15, 0.2) is 18.2 Å². The summed E-state index contributed by atoms with van der Waals surface area (Å²) in [5.41, 5.74) is 1.23.